The van der Waals surface area contributed by atoms with Gasteiger partial charge in [-0.2, -0.15) is 0 Å². The van der Waals surface area contributed by atoms with Crippen LogP contribution in [0, 0.1) is 11.8 Å². The molecule has 0 aromatic heterocycles. The van der Waals surface area contributed by atoms with E-state index in [4.69, 9.17) is 14.0 Å². The molecule has 0 heterocycles. The minimum atomic E-state index is -3.54. The number of phenols is 1. The Morgan fingerprint density at radius 3 is 2.47 bits per heavy atom. The summed E-state index contributed by atoms with van der Waals surface area (Å²) in [5.74, 6) is -11.3. The summed E-state index contributed by atoms with van der Waals surface area (Å²) < 4.78 is 46.7. The van der Waals surface area contributed by atoms with Crippen LogP contribution < -0.4 is 5.73 Å². The number of hydrogen-bond acceptors (Lipinski definition) is 9. The fourth-order valence-corrected chi connectivity index (χ4v) is 5.20. The van der Waals surface area contributed by atoms with Gasteiger partial charge in [0.1, 0.15) is 22.8 Å². The second-order valence-electron chi connectivity index (χ2n) is 8.37. The standard InChI is InChI=1S/C22H24N2O8/c1-21(31)8-5-4-6-11(25)12(8)16(26)13-9(21)7-10-15(24(2)3)17(27)14(20(23)30)19(29)22(10,32)18(13)28/h4-6,9-10,15,25-26,29,31-32H,7H2,1-3H3,(H2,23,30)/t9-,10-,15-,21+,22-/m0/s1/i2D3,3D3. The number of amides is 1. The molecule has 0 radical (unpaired) electrons. The summed E-state index contributed by atoms with van der Waals surface area (Å²) in [4.78, 5) is 39.2. The molecular weight excluding hydrogens is 420 g/mol. The van der Waals surface area contributed by atoms with Crippen molar-refractivity contribution in [1.82, 2.24) is 4.90 Å². The Balaban J connectivity index is 2.09. The molecule has 3 aliphatic rings. The molecule has 1 saturated carbocycles. The van der Waals surface area contributed by atoms with Gasteiger partial charge in [-0.15, -0.1) is 0 Å². The van der Waals surface area contributed by atoms with Gasteiger partial charge in [0, 0.05) is 25.6 Å². The topological polar surface area (TPSA) is 182 Å². The van der Waals surface area contributed by atoms with Gasteiger partial charge in [-0.05, 0) is 38.9 Å². The quantitative estimate of drug-likeness (QED) is 0.327. The largest absolute Gasteiger partial charge is 0.508 e. The SMILES string of the molecule is [2H]C([2H])([2H])N([C@@H]1C(=O)C(C(N)=O)=C(O)[C@@]2(O)C(=O)C3=C(O)c4c(O)cccc4[C@@](C)(O)[C@H]3C[C@@H]12)C([2H])([2H])[2H]. The van der Waals surface area contributed by atoms with Crippen LogP contribution in [0.4, 0.5) is 0 Å². The van der Waals surface area contributed by atoms with Crippen LogP contribution in [0.5, 0.6) is 5.75 Å². The van der Waals surface area contributed by atoms with E-state index in [-0.39, 0.29) is 16.0 Å². The predicted molar refractivity (Wildman–Crippen MR) is 110 cm³/mol. The van der Waals surface area contributed by atoms with Crippen LogP contribution in [0.25, 0.3) is 5.76 Å². The Kier molecular flexibility index (Phi) is 3.23. The molecule has 0 saturated heterocycles. The molecule has 1 aromatic carbocycles. The summed E-state index contributed by atoms with van der Waals surface area (Å²) in [6.07, 6.45) is -0.723. The lowest BCUT2D eigenvalue weighted by atomic mass is 9.54. The molecule has 3 aliphatic carbocycles. The fourth-order valence-electron chi connectivity index (χ4n) is 5.20. The van der Waals surface area contributed by atoms with Gasteiger partial charge in [0.15, 0.2) is 11.4 Å². The van der Waals surface area contributed by atoms with Gasteiger partial charge in [0.25, 0.3) is 5.91 Å². The number of primary amides is 1. The maximum Gasteiger partial charge on any atom is 0.255 e. The maximum atomic E-state index is 13.9. The number of aliphatic hydroxyl groups excluding tert-OH is 2. The number of nitrogens with zero attached hydrogens (tertiary/aromatic N) is 1. The lowest BCUT2D eigenvalue weighted by molar-refractivity contribution is -0.159. The summed E-state index contributed by atoms with van der Waals surface area (Å²) >= 11 is 0. The molecule has 0 unspecified atom stereocenters. The molecular formula is C22H24N2O8. The van der Waals surface area contributed by atoms with E-state index in [0.29, 0.717) is 0 Å². The normalized spacial score (nSPS) is 37.9. The third kappa shape index (κ3) is 2.48. The molecule has 1 aromatic rings. The van der Waals surface area contributed by atoms with E-state index in [9.17, 15) is 39.9 Å². The smallest absolute Gasteiger partial charge is 0.255 e. The van der Waals surface area contributed by atoms with Crippen molar-refractivity contribution < 1.29 is 48.1 Å². The summed E-state index contributed by atoms with van der Waals surface area (Å²) in [6, 6.07) is 1.40. The molecule has 32 heavy (non-hydrogen) atoms. The fraction of sp³-hybridized carbons (Fsp3) is 0.409. The van der Waals surface area contributed by atoms with Crippen LogP contribution in [0.1, 0.15) is 32.7 Å². The van der Waals surface area contributed by atoms with Crippen LogP contribution in [0.2, 0.25) is 0 Å². The number of phenolic OH excluding ortho intramolecular Hbond substituents is 1. The molecule has 10 heteroatoms. The van der Waals surface area contributed by atoms with Crippen molar-refractivity contribution in [3.05, 3.63) is 46.2 Å². The molecule has 4 rings (SSSR count). The van der Waals surface area contributed by atoms with E-state index in [1.165, 1.54) is 19.1 Å². The lowest BCUT2D eigenvalue weighted by Gasteiger charge is -2.53. The van der Waals surface area contributed by atoms with Gasteiger partial charge in [-0.3, -0.25) is 19.3 Å². The molecule has 1 amide bonds. The predicted octanol–water partition coefficient (Wildman–Crippen LogP) is -0.371. The summed E-state index contributed by atoms with van der Waals surface area (Å²) in [6.45, 7) is -5.89. The summed E-state index contributed by atoms with van der Waals surface area (Å²) in [7, 11) is 0. The summed E-state index contributed by atoms with van der Waals surface area (Å²) in [5, 5.41) is 55.4. The highest BCUT2D eigenvalue weighted by Gasteiger charge is 2.66. The van der Waals surface area contributed by atoms with Crippen molar-refractivity contribution in [1.29, 1.82) is 0 Å². The monoisotopic (exact) mass is 450 g/mol. The Hall–Kier alpha value is -3.21. The van der Waals surface area contributed by atoms with E-state index in [2.05, 4.69) is 0 Å². The third-order valence-corrected chi connectivity index (χ3v) is 6.74. The third-order valence-electron chi connectivity index (χ3n) is 6.74. The molecule has 5 atom stereocenters. The van der Waals surface area contributed by atoms with Gasteiger partial charge >= 0.3 is 0 Å². The van der Waals surface area contributed by atoms with E-state index in [1.807, 2.05) is 0 Å². The number of carbonyl (C=O) groups is 3. The van der Waals surface area contributed by atoms with Crippen molar-refractivity contribution in [2.75, 3.05) is 14.0 Å². The lowest BCUT2D eigenvalue weighted by Crippen LogP contribution is -2.67. The second-order valence-corrected chi connectivity index (χ2v) is 8.37. The second kappa shape index (κ2) is 6.64. The van der Waals surface area contributed by atoms with E-state index in [0.717, 1.165) is 6.07 Å². The highest BCUT2D eigenvalue weighted by atomic mass is 16.3. The Morgan fingerprint density at radius 1 is 1.22 bits per heavy atom. The molecule has 0 bridgehead atoms. The van der Waals surface area contributed by atoms with Crippen molar-refractivity contribution in [2.45, 2.75) is 30.6 Å². The van der Waals surface area contributed by atoms with Crippen LogP contribution in [0.15, 0.2) is 35.1 Å². The highest BCUT2D eigenvalue weighted by Crippen LogP contribution is 2.57. The van der Waals surface area contributed by atoms with E-state index in [1.54, 1.807) is 0 Å². The molecule has 1 fully saturated rings. The zero-order chi connectivity index (χ0) is 28.9. The number of fused-ring (bicyclic) bond motifs is 3. The maximum absolute atomic E-state index is 13.9. The zero-order valence-corrected chi connectivity index (χ0v) is 16.7. The number of Topliss-reactive ketones (excluding diaryl/α,β-unsaturated/α-hetero) is 2. The van der Waals surface area contributed by atoms with Gasteiger partial charge in [0.2, 0.25) is 5.78 Å². The molecule has 0 aliphatic heterocycles. The van der Waals surface area contributed by atoms with E-state index < -0.39 is 95.3 Å². The van der Waals surface area contributed by atoms with Crippen LogP contribution >= 0.6 is 0 Å². The first-order chi connectivity index (χ1) is 17.2. The number of aromatic hydroxyl groups is 1. The number of carbonyl (C=O) groups excluding carboxylic acids is 3. The van der Waals surface area contributed by atoms with Crippen molar-refractivity contribution in [3.8, 4) is 5.75 Å². The first kappa shape index (κ1) is 15.6. The Bertz CT molecular complexity index is 1330. The van der Waals surface area contributed by atoms with Gasteiger partial charge in [-0.25, -0.2) is 0 Å². The average Bonchev–Trinajstić information content (AvgIpc) is 2.74. The van der Waals surface area contributed by atoms with Crippen molar-refractivity contribution in [2.24, 2.45) is 17.6 Å². The highest BCUT2D eigenvalue weighted by molar-refractivity contribution is 6.24. The molecule has 170 valence electrons. The number of aliphatic hydroxyl groups is 4. The van der Waals surface area contributed by atoms with Crippen LogP contribution in [-0.4, -0.2) is 73.5 Å². The summed E-state index contributed by atoms with van der Waals surface area (Å²) in [5.41, 5.74) is -2.68. The first-order valence-corrected chi connectivity index (χ1v) is 9.52. The Labute approximate surface area is 191 Å². The number of ketones is 2. The number of likely N-dealkylation sites (N-methyl/N-ethyl adjacent to an activating group) is 1. The van der Waals surface area contributed by atoms with Crippen molar-refractivity contribution >= 4 is 23.2 Å². The molecule has 7 N–H and O–H groups in total. The van der Waals surface area contributed by atoms with Crippen LogP contribution in [0.3, 0.4) is 0 Å². The molecule has 10 nitrogen and oxygen atoms in total. The van der Waals surface area contributed by atoms with Crippen LogP contribution in [-0.2, 0) is 20.0 Å². The van der Waals surface area contributed by atoms with Crippen molar-refractivity contribution in [3.63, 3.8) is 0 Å². The number of rotatable bonds is 2. The van der Waals surface area contributed by atoms with E-state index >= 15 is 0 Å². The van der Waals surface area contributed by atoms with Gasteiger partial charge in [-0.1, -0.05) is 12.1 Å². The number of benzene rings is 1. The number of hydrogen-bond donors (Lipinski definition) is 6. The zero-order valence-electron chi connectivity index (χ0n) is 22.7. The van der Waals surface area contributed by atoms with Gasteiger partial charge in [0.05, 0.1) is 17.2 Å². The minimum absolute atomic E-state index is 0.0539. The first-order valence-electron chi connectivity index (χ1n) is 12.5. The number of nitrogens with two attached hydrogens (primary N) is 1. The average molecular weight is 450 g/mol. The minimum Gasteiger partial charge on any atom is -0.508 e. The Morgan fingerprint density at radius 2 is 1.88 bits per heavy atom. The van der Waals surface area contributed by atoms with Gasteiger partial charge < -0.3 is 31.3 Å². The molecule has 0 spiro atoms.